The second kappa shape index (κ2) is 7.10. The Hall–Kier alpha value is -1.81. The van der Waals surface area contributed by atoms with E-state index in [0.29, 0.717) is 5.70 Å². The van der Waals surface area contributed by atoms with Gasteiger partial charge in [0, 0.05) is 5.70 Å². The Kier molecular flexibility index (Phi) is 5.77. The molecule has 0 radical (unpaired) electrons. The molecule has 1 aromatic carbocycles. The summed E-state index contributed by atoms with van der Waals surface area (Å²) in [5, 5.41) is 0. The van der Waals surface area contributed by atoms with Gasteiger partial charge in [-0.1, -0.05) is 35.9 Å². The molecule has 4 heteroatoms. The third-order valence-electron chi connectivity index (χ3n) is 2.83. The Morgan fingerprint density at radius 1 is 1.25 bits per heavy atom. The number of hydrogen-bond donors (Lipinski definition) is 0. The monoisotopic (exact) mass is 291 g/mol. The van der Waals surface area contributed by atoms with Gasteiger partial charge in [-0.25, -0.2) is 8.42 Å². The average molecular weight is 291 g/mol. The lowest BCUT2D eigenvalue weighted by atomic mass is 10.2. The van der Waals surface area contributed by atoms with Crippen LogP contribution in [0.5, 0.6) is 0 Å². The summed E-state index contributed by atoms with van der Waals surface area (Å²) in [6.45, 7) is 9.47. The van der Waals surface area contributed by atoms with Crippen molar-refractivity contribution in [1.82, 2.24) is 4.31 Å². The van der Waals surface area contributed by atoms with E-state index in [0.717, 1.165) is 5.56 Å². The van der Waals surface area contributed by atoms with Crippen LogP contribution in [-0.2, 0) is 10.0 Å². The molecule has 0 aliphatic carbocycles. The van der Waals surface area contributed by atoms with Crippen LogP contribution in [0.1, 0.15) is 19.4 Å². The highest BCUT2D eigenvalue weighted by atomic mass is 32.2. The van der Waals surface area contributed by atoms with Crippen molar-refractivity contribution in [2.75, 3.05) is 6.54 Å². The standard InChI is InChI=1S/C16H21NO2S/c1-5-8-15(7-3)17(13-6-2)20(18,19)16-11-9-14(4)10-12-16/h5-12H,2,13H2,1,3-4H3/b8-5-,15-7+. The van der Waals surface area contributed by atoms with Crippen molar-refractivity contribution in [3.05, 3.63) is 66.4 Å². The van der Waals surface area contributed by atoms with Crippen LogP contribution in [0.3, 0.4) is 0 Å². The smallest absolute Gasteiger partial charge is 0.263 e. The van der Waals surface area contributed by atoms with E-state index in [2.05, 4.69) is 6.58 Å². The quantitative estimate of drug-likeness (QED) is 0.592. The lowest BCUT2D eigenvalue weighted by Crippen LogP contribution is -2.30. The zero-order chi connectivity index (χ0) is 15.2. The number of allylic oxidation sites excluding steroid dienone is 3. The van der Waals surface area contributed by atoms with E-state index in [1.807, 2.05) is 26.8 Å². The van der Waals surface area contributed by atoms with E-state index >= 15 is 0 Å². The van der Waals surface area contributed by atoms with Crippen LogP contribution in [0.2, 0.25) is 0 Å². The van der Waals surface area contributed by atoms with Crippen LogP contribution >= 0.6 is 0 Å². The van der Waals surface area contributed by atoms with E-state index in [4.69, 9.17) is 0 Å². The molecule has 0 fully saturated rings. The second-order valence-electron chi connectivity index (χ2n) is 4.35. The molecule has 0 aliphatic rings. The summed E-state index contributed by atoms with van der Waals surface area (Å²) in [6.07, 6.45) is 6.94. The Morgan fingerprint density at radius 2 is 1.85 bits per heavy atom. The number of hydrogen-bond acceptors (Lipinski definition) is 2. The zero-order valence-corrected chi connectivity index (χ0v) is 13.0. The summed E-state index contributed by atoms with van der Waals surface area (Å²) in [4.78, 5) is 0.286. The van der Waals surface area contributed by atoms with Gasteiger partial charge in [0.1, 0.15) is 0 Å². The maximum atomic E-state index is 12.7. The molecule has 0 bridgehead atoms. The molecule has 0 amide bonds. The molecule has 0 aromatic heterocycles. The van der Waals surface area contributed by atoms with Crippen molar-refractivity contribution in [2.45, 2.75) is 25.7 Å². The molecular weight excluding hydrogens is 270 g/mol. The van der Waals surface area contributed by atoms with Crippen LogP contribution in [0, 0.1) is 6.92 Å². The lowest BCUT2D eigenvalue weighted by molar-refractivity contribution is 0.510. The van der Waals surface area contributed by atoms with Gasteiger partial charge in [0.25, 0.3) is 10.0 Å². The number of benzene rings is 1. The fraction of sp³-hybridized carbons (Fsp3) is 0.250. The summed E-state index contributed by atoms with van der Waals surface area (Å²) >= 11 is 0. The van der Waals surface area contributed by atoms with Gasteiger partial charge < -0.3 is 0 Å². The average Bonchev–Trinajstić information content (AvgIpc) is 2.43. The highest BCUT2D eigenvalue weighted by Gasteiger charge is 2.23. The Bertz CT molecular complexity index is 610. The minimum atomic E-state index is -3.57. The maximum Gasteiger partial charge on any atom is 0.264 e. The summed E-state index contributed by atoms with van der Waals surface area (Å²) in [6, 6.07) is 6.85. The van der Waals surface area contributed by atoms with E-state index in [-0.39, 0.29) is 11.4 Å². The largest absolute Gasteiger partial charge is 0.264 e. The van der Waals surface area contributed by atoms with Gasteiger partial charge in [0.2, 0.25) is 0 Å². The Balaban J connectivity index is 3.32. The molecule has 20 heavy (non-hydrogen) atoms. The van der Waals surface area contributed by atoms with Gasteiger partial charge in [-0.15, -0.1) is 6.58 Å². The third kappa shape index (κ3) is 3.61. The van der Waals surface area contributed by atoms with Crippen molar-refractivity contribution in [3.8, 4) is 0 Å². The van der Waals surface area contributed by atoms with Crippen LogP contribution in [0.4, 0.5) is 0 Å². The first-order valence-corrected chi connectivity index (χ1v) is 7.90. The molecule has 0 atom stereocenters. The van der Waals surface area contributed by atoms with Gasteiger partial charge >= 0.3 is 0 Å². The van der Waals surface area contributed by atoms with Crippen LogP contribution in [0.15, 0.2) is 65.7 Å². The molecule has 0 unspecified atom stereocenters. The van der Waals surface area contributed by atoms with Gasteiger partial charge in [-0.3, -0.25) is 4.31 Å². The minimum absolute atomic E-state index is 0.236. The zero-order valence-electron chi connectivity index (χ0n) is 12.2. The molecule has 3 nitrogen and oxygen atoms in total. The first kappa shape index (κ1) is 16.2. The summed E-state index contributed by atoms with van der Waals surface area (Å²) < 4.78 is 26.8. The lowest BCUT2D eigenvalue weighted by Gasteiger charge is -2.24. The van der Waals surface area contributed by atoms with Crippen molar-refractivity contribution in [3.63, 3.8) is 0 Å². The van der Waals surface area contributed by atoms with Crippen LogP contribution in [0.25, 0.3) is 0 Å². The number of rotatable bonds is 6. The molecule has 1 aromatic rings. The SMILES string of the molecule is C=CCN(C(/C=C\C)=C/C)S(=O)(=O)c1ccc(C)cc1. The first-order chi connectivity index (χ1) is 9.47. The molecule has 1 rings (SSSR count). The molecule has 0 N–H and O–H groups in total. The Labute approximate surface area is 122 Å². The molecule has 0 heterocycles. The molecule has 0 spiro atoms. The molecule has 108 valence electrons. The predicted molar refractivity (Wildman–Crippen MR) is 83.8 cm³/mol. The van der Waals surface area contributed by atoms with Crippen molar-refractivity contribution in [2.24, 2.45) is 0 Å². The molecule has 0 aliphatic heterocycles. The first-order valence-electron chi connectivity index (χ1n) is 6.46. The van der Waals surface area contributed by atoms with Crippen molar-refractivity contribution < 1.29 is 8.42 Å². The second-order valence-corrected chi connectivity index (χ2v) is 6.21. The van der Waals surface area contributed by atoms with Gasteiger partial charge in [0.15, 0.2) is 0 Å². The number of nitrogens with zero attached hydrogens (tertiary/aromatic N) is 1. The third-order valence-corrected chi connectivity index (χ3v) is 4.63. The van der Waals surface area contributed by atoms with Gasteiger partial charge in [-0.05, 0) is 39.0 Å². The van der Waals surface area contributed by atoms with E-state index < -0.39 is 10.0 Å². The highest BCUT2D eigenvalue weighted by Crippen LogP contribution is 2.21. The fourth-order valence-electron chi connectivity index (χ4n) is 1.79. The van der Waals surface area contributed by atoms with E-state index in [1.54, 1.807) is 42.5 Å². The number of aryl methyl sites for hydroxylation is 1. The molecule has 0 saturated heterocycles. The predicted octanol–water partition coefficient (Wildman–Crippen LogP) is 3.65. The van der Waals surface area contributed by atoms with Crippen molar-refractivity contribution in [1.29, 1.82) is 0 Å². The summed E-state index contributed by atoms with van der Waals surface area (Å²) in [7, 11) is -3.57. The topological polar surface area (TPSA) is 37.4 Å². The highest BCUT2D eigenvalue weighted by molar-refractivity contribution is 7.89. The van der Waals surface area contributed by atoms with E-state index in [1.165, 1.54) is 4.31 Å². The van der Waals surface area contributed by atoms with Crippen LogP contribution < -0.4 is 0 Å². The summed E-state index contributed by atoms with van der Waals surface area (Å²) in [5.74, 6) is 0. The summed E-state index contributed by atoms with van der Waals surface area (Å²) in [5.41, 5.74) is 1.66. The van der Waals surface area contributed by atoms with Gasteiger partial charge in [-0.2, -0.15) is 0 Å². The fourth-order valence-corrected chi connectivity index (χ4v) is 3.27. The Morgan fingerprint density at radius 3 is 2.30 bits per heavy atom. The maximum absolute atomic E-state index is 12.7. The number of sulfonamides is 1. The normalized spacial score (nSPS) is 12.7. The molecular formula is C16H21NO2S. The van der Waals surface area contributed by atoms with Gasteiger partial charge in [0.05, 0.1) is 11.4 Å². The van der Waals surface area contributed by atoms with E-state index in [9.17, 15) is 8.42 Å². The van der Waals surface area contributed by atoms with Crippen LogP contribution in [-0.4, -0.2) is 19.3 Å². The minimum Gasteiger partial charge on any atom is -0.263 e. The molecule has 0 saturated carbocycles. The van der Waals surface area contributed by atoms with Crippen molar-refractivity contribution >= 4 is 10.0 Å².